The zero-order valence-corrected chi connectivity index (χ0v) is 28.0. The Hall–Kier alpha value is -7.11. The molecule has 242 valence electrons. The lowest BCUT2D eigenvalue weighted by molar-refractivity contribution is 0.954. The van der Waals surface area contributed by atoms with E-state index in [4.69, 9.17) is 15.0 Å². The number of fused-ring (bicyclic) bond motifs is 9. The molecule has 0 aliphatic heterocycles. The number of hydrogen-bond acceptors (Lipinski definition) is 3. The number of nitrogens with zero attached hydrogens (tertiary/aromatic N) is 5. The molecule has 0 fully saturated rings. The molecule has 0 saturated carbocycles. The van der Waals surface area contributed by atoms with E-state index in [1.165, 1.54) is 38.0 Å². The largest absolute Gasteiger partial charge is 0.309 e. The van der Waals surface area contributed by atoms with Crippen molar-refractivity contribution in [1.82, 2.24) is 24.1 Å². The zero-order valence-electron chi connectivity index (χ0n) is 28.0. The van der Waals surface area contributed by atoms with E-state index in [1.807, 2.05) is 60.7 Å². The molecule has 0 saturated heterocycles. The Morgan fingerprint density at radius 2 is 0.923 bits per heavy atom. The van der Waals surface area contributed by atoms with Gasteiger partial charge in [0.05, 0.1) is 22.1 Å². The van der Waals surface area contributed by atoms with Crippen molar-refractivity contribution < 1.29 is 0 Å². The summed E-state index contributed by atoms with van der Waals surface area (Å²) in [5.74, 6) is 1.87. The van der Waals surface area contributed by atoms with E-state index in [0.29, 0.717) is 17.6 Å². The third-order valence-electron chi connectivity index (χ3n) is 10.3. The first-order valence-electron chi connectivity index (χ1n) is 17.5. The monoisotopic (exact) mass is 663 g/mol. The third-order valence-corrected chi connectivity index (χ3v) is 10.3. The summed E-state index contributed by atoms with van der Waals surface area (Å²) in [6.45, 7) is 0. The Morgan fingerprint density at radius 3 is 1.65 bits per heavy atom. The maximum Gasteiger partial charge on any atom is 0.238 e. The molecule has 3 aromatic heterocycles. The lowest BCUT2D eigenvalue weighted by Crippen LogP contribution is -2.06. The molecule has 3 heterocycles. The highest BCUT2D eigenvalue weighted by Gasteiger charge is 2.19. The van der Waals surface area contributed by atoms with Gasteiger partial charge in [0.25, 0.3) is 0 Å². The summed E-state index contributed by atoms with van der Waals surface area (Å²) in [5, 5.41) is 9.68. The lowest BCUT2D eigenvalue weighted by atomic mass is 10.0. The summed E-state index contributed by atoms with van der Waals surface area (Å²) >= 11 is 0. The first kappa shape index (κ1) is 28.7. The second-order valence-corrected chi connectivity index (χ2v) is 13.3. The van der Waals surface area contributed by atoms with Gasteiger partial charge in [0.15, 0.2) is 11.6 Å². The van der Waals surface area contributed by atoms with Crippen LogP contribution in [0, 0.1) is 0 Å². The normalized spacial score (nSPS) is 11.8. The lowest BCUT2D eigenvalue weighted by Gasteiger charge is -2.12. The van der Waals surface area contributed by atoms with Crippen LogP contribution in [0.4, 0.5) is 0 Å². The molecule has 0 N–H and O–H groups in total. The summed E-state index contributed by atoms with van der Waals surface area (Å²) in [6, 6.07) is 62.1. The van der Waals surface area contributed by atoms with E-state index in [-0.39, 0.29) is 0 Å². The van der Waals surface area contributed by atoms with Crippen LogP contribution in [0.3, 0.4) is 0 Å². The van der Waals surface area contributed by atoms with E-state index in [2.05, 4.69) is 124 Å². The van der Waals surface area contributed by atoms with Crippen molar-refractivity contribution in [3.8, 4) is 34.4 Å². The van der Waals surface area contributed by atoms with Crippen LogP contribution >= 0.6 is 0 Å². The molecule has 0 bridgehead atoms. The van der Waals surface area contributed by atoms with Crippen LogP contribution < -0.4 is 0 Å². The van der Waals surface area contributed by atoms with Crippen molar-refractivity contribution in [2.24, 2.45) is 0 Å². The van der Waals surface area contributed by atoms with Crippen LogP contribution in [-0.2, 0) is 0 Å². The second kappa shape index (κ2) is 11.2. The fraction of sp³-hybridized carbons (Fsp3) is 0. The van der Waals surface area contributed by atoms with E-state index < -0.39 is 0 Å². The zero-order chi connectivity index (χ0) is 34.2. The Labute approximate surface area is 298 Å². The fourth-order valence-corrected chi connectivity index (χ4v) is 7.97. The van der Waals surface area contributed by atoms with Crippen molar-refractivity contribution in [2.75, 3.05) is 0 Å². The van der Waals surface area contributed by atoms with Crippen LogP contribution in [0.15, 0.2) is 176 Å². The first-order chi connectivity index (χ1) is 25.8. The Bertz CT molecular complexity index is 3120. The average molecular weight is 664 g/mol. The van der Waals surface area contributed by atoms with Crippen LogP contribution in [0.25, 0.3) is 99.6 Å². The van der Waals surface area contributed by atoms with Gasteiger partial charge in [-0.1, -0.05) is 133 Å². The number of rotatable bonds is 4. The van der Waals surface area contributed by atoms with Gasteiger partial charge in [-0.2, -0.15) is 9.97 Å². The van der Waals surface area contributed by atoms with Crippen molar-refractivity contribution in [1.29, 1.82) is 0 Å². The summed E-state index contributed by atoms with van der Waals surface area (Å²) in [5.41, 5.74) is 7.52. The molecule has 0 spiro atoms. The molecule has 11 rings (SSSR count). The quantitative estimate of drug-likeness (QED) is 0.188. The standard InChI is InChI=1S/C47H29N5/c1-3-14-31(15-4-1)45-48-46(32-16-5-2-6-17-32)50-47(49-45)52-40-21-11-9-19-37(40)39-28-34-27-35(25-23-33(34)29-43(39)52)51-41-22-12-10-20-38(41)44-36-18-8-7-13-30(36)24-26-42(44)51/h1-29H. The highest BCUT2D eigenvalue weighted by molar-refractivity contribution is 6.21. The van der Waals surface area contributed by atoms with E-state index in [0.717, 1.165) is 44.0 Å². The number of benzene rings is 8. The molecular weight excluding hydrogens is 635 g/mol. The molecule has 0 atom stereocenters. The van der Waals surface area contributed by atoms with Gasteiger partial charge in [-0.05, 0) is 64.0 Å². The number of hydrogen-bond donors (Lipinski definition) is 0. The maximum atomic E-state index is 5.12. The molecule has 5 nitrogen and oxygen atoms in total. The van der Waals surface area contributed by atoms with Gasteiger partial charge < -0.3 is 4.57 Å². The fourth-order valence-electron chi connectivity index (χ4n) is 7.97. The third kappa shape index (κ3) is 4.33. The molecule has 11 aromatic rings. The Kier molecular flexibility index (Phi) is 6.18. The summed E-state index contributed by atoms with van der Waals surface area (Å²) < 4.78 is 4.60. The van der Waals surface area contributed by atoms with Gasteiger partial charge in [-0.15, -0.1) is 0 Å². The van der Waals surface area contributed by atoms with E-state index in [1.54, 1.807) is 0 Å². The predicted molar refractivity (Wildman–Crippen MR) is 214 cm³/mol. The second-order valence-electron chi connectivity index (χ2n) is 13.3. The first-order valence-corrected chi connectivity index (χ1v) is 17.5. The van der Waals surface area contributed by atoms with Crippen LogP contribution in [0.2, 0.25) is 0 Å². The molecule has 0 aliphatic rings. The molecule has 0 radical (unpaired) electrons. The molecule has 52 heavy (non-hydrogen) atoms. The number of aromatic nitrogens is 5. The molecule has 5 heteroatoms. The summed E-state index contributed by atoms with van der Waals surface area (Å²) in [7, 11) is 0. The van der Waals surface area contributed by atoms with Crippen LogP contribution in [0.5, 0.6) is 0 Å². The van der Waals surface area contributed by atoms with Gasteiger partial charge in [-0.25, -0.2) is 4.98 Å². The minimum Gasteiger partial charge on any atom is -0.309 e. The Balaban J connectivity index is 1.16. The van der Waals surface area contributed by atoms with Crippen molar-refractivity contribution >= 4 is 65.2 Å². The summed E-state index contributed by atoms with van der Waals surface area (Å²) in [4.78, 5) is 15.2. The van der Waals surface area contributed by atoms with E-state index in [9.17, 15) is 0 Å². The topological polar surface area (TPSA) is 48.5 Å². The predicted octanol–water partition coefficient (Wildman–Crippen LogP) is 11.7. The molecule has 8 aromatic carbocycles. The van der Waals surface area contributed by atoms with Gasteiger partial charge in [0.2, 0.25) is 5.95 Å². The molecular formula is C47H29N5. The smallest absolute Gasteiger partial charge is 0.238 e. The number of para-hydroxylation sites is 2. The minimum absolute atomic E-state index is 0.590. The van der Waals surface area contributed by atoms with Crippen LogP contribution in [0.1, 0.15) is 0 Å². The van der Waals surface area contributed by atoms with Gasteiger partial charge >= 0.3 is 0 Å². The highest BCUT2D eigenvalue weighted by Crippen LogP contribution is 2.39. The summed E-state index contributed by atoms with van der Waals surface area (Å²) in [6.07, 6.45) is 0. The van der Waals surface area contributed by atoms with Gasteiger partial charge in [-0.3, -0.25) is 4.57 Å². The Morgan fingerprint density at radius 1 is 0.327 bits per heavy atom. The highest BCUT2D eigenvalue weighted by atomic mass is 15.2. The average Bonchev–Trinajstić information content (AvgIpc) is 3.73. The van der Waals surface area contributed by atoms with E-state index >= 15 is 0 Å². The molecule has 0 unspecified atom stereocenters. The van der Waals surface area contributed by atoms with Crippen molar-refractivity contribution in [2.45, 2.75) is 0 Å². The van der Waals surface area contributed by atoms with Crippen LogP contribution in [-0.4, -0.2) is 24.1 Å². The van der Waals surface area contributed by atoms with Crippen molar-refractivity contribution in [3.05, 3.63) is 176 Å². The van der Waals surface area contributed by atoms with Gasteiger partial charge in [0, 0.05) is 38.4 Å². The molecule has 0 aliphatic carbocycles. The van der Waals surface area contributed by atoms with Crippen molar-refractivity contribution in [3.63, 3.8) is 0 Å². The molecule has 0 amide bonds. The van der Waals surface area contributed by atoms with Gasteiger partial charge in [0.1, 0.15) is 0 Å². The minimum atomic E-state index is 0.590. The maximum absolute atomic E-state index is 5.12. The SMILES string of the molecule is c1ccc(-c2nc(-c3ccccc3)nc(-n3c4ccccc4c4cc5cc(-n6c7ccccc7c7c8ccccc8ccc76)ccc5cc43)n2)cc1.